The Bertz CT molecular complexity index is 744. The third kappa shape index (κ3) is 3.60. The van der Waals surface area contributed by atoms with Gasteiger partial charge in [0.1, 0.15) is 0 Å². The maximum Gasteiger partial charge on any atom is -0.0127 e. The fraction of sp³-hybridized carbons (Fsp3) is 0. The van der Waals surface area contributed by atoms with E-state index < -0.39 is 0 Å². The fourth-order valence-electron chi connectivity index (χ4n) is 2.19. The molecule has 0 N–H and O–H groups in total. The van der Waals surface area contributed by atoms with E-state index in [2.05, 4.69) is 66.4 Å². The monoisotopic (exact) mass is 268 g/mol. The molecular formula is C21H16. The number of hydrogen-bond acceptors (Lipinski definition) is 0. The van der Waals surface area contributed by atoms with Gasteiger partial charge in [0.15, 0.2) is 0 Å². The van der Waals surface area contributed by atoms with Crippen molar-refractivity contribution in [1.82, 2.24) is 0 Å². The van der Waals surface area contributed by atoms with E-state index in [-0.39, 0.29) is 0 Å². The Balaban J connectivity index is 1.77. The van der Waals surface area contributed by atoms with Crippen molar-refractivity contribution in [3.8, 4) is 11.1 Å². The Hall–Kier alpha value is -2.82. The van der Waals surface area contributed by atoms with Gasteiger partial charge in [-0.3, -0.25) is 0 Å². The van der Waals surface area contributed by atoms with Crippen molar-refractivity contribution >= 4 is 12.2 Å². The molecule has 0 unspecified atom stereocenters. The first-order valence-corrected chi connectivity index (χ1v) is 7.05. The number of hydrogen-bond donors (Lipinski definition) is 0. The molecule has 0 saturated carbocycles. The van der Waals surface area contributed by atoms with Crippen LogP contribution in [0.5, 0.6) is 0 Å². The lowest BCUT2D eigenvalue weighted by atomic mass is 10.0. The topological polar surface area (TPSA) is 0 Å². The zero-order valence-electron chi connectivity index (χ0n) is 11.7. The summed E-state index contributed by atoms with van der Waals surface area (Å²) in [5.74, 6) is 0. The number of rotatable bonds is 3. The average Bonchev–Trinajstić information content (AvgIpc) is 2.57. The van der Waals surface area contributed by atoms with Crippen molar-refractivity contribution in [2.45, 2.75) is 0 Å². The summed E-state index contributed by atoms with van der Waals surface area (Å²) >= 11 is 0. The van der Waals surface area contributed by atoms with E-state index in [0.29, 0.717) is 0 Å². The highest BCUT2D eigenvalue weighted by atomic mass is 14.0. The second kappa shape index (κ2) is 6.56. The van der Waals surface area contributed by atoms with Gasteiger partial charge in [-0.15, -0.1) is 5.73 Å². The Labute approximate surface area is 125 Å². The summed E-state index contributed by atoms with van der Waals surface area (Å²) in [6.45, 7) is 0. The van der Waals surface area contributed by atoms with Gasteiger partial charge in [-0.25, -0.2) is 0 Å². The largest absolute Gasteiger partial charge is 0.120 e. The van der Waals surface area contributed by atoms with Crippen molar-refractivity contribution < 1.29 is 0 Å². The van der Waals surface area contributed by atoms with Crippen LogP contribution in [-0.4, -0.2) is 0 Å². The second-order valence-electron chi connectivity index (χ2n) is 4.85. The van der Waals surface area contributed by atoms with Crippen molar-refractivity contribution in [3.05, 3.63) is 102 Å². The van der Waals surface area contributed by atoms with Crippen molar-refractivity contribution in [3.63, 3.8) is 0 Å². The zero-order chi connectivity index (χ0) is 14.3. The first kappa shape index (κ1) is 13.2. The van der Waals surface area contributed by atoms with Crippen LogP contribution >= 0.6 is 0 Å². The third-order valence-electron chi connectivity index (χ3n) is 3.32. The number of benzene rings is 3. The summed E-state index contributed by atoms with van der Waals surface area (Å²) in [5, 5.41) is 0. The SMILES string of the molecule is C(=Cc1ccccc1)=Cc1ccc(-c2ccccc2)cc1. The van der Waals surface area contributed by atoms with Gasteiger partial charge in [-0.2, -0.15) is 0 Å². The molecule has 0 atom stereocenters. The summed E-state index contributed by atoms with van der Waals surface area (Å²) in [6, 6.07) is 29.2. The molecule has 0 nitrogen and oxygen atoms in total. The molecule has 0 fully saturated rings. The fourth-order valence-corrected chi connectivity index (χ4v) is 2.19. The average molecular weight is 268 g/mol. The maximum absolute atomic E-state index is 3.23. The molecule has 0 radical (unpaired) electrons. The normalized spacial score (nSPS) is 9.71. The van der Waals surface area contributed by atoms with Gasteiger partial charge in [0, 0.05) is 0 Å². The predicted octanol–water partition coefficient (Wildman–Crippen LogP) is 5.68. The van der Waals surface area contributed by atoms with Crippen LogP contribution in [0.3, 0.4) is 0 Å². The van der Waals surface area contributed by atoms with Crippen LogP contribution in [0.1, 0.15) is 11.1 Å². The molecule has 0 amide bonds. The predicted molar refractivity (Wildman–Crippen MR) is 90.8 cm³/mol. The van der Waals surface area contributed by atoms with Gasteiger partial charge in [0.25, 0.3) is 0 Å². The summed E-state index contributed by atoms with van der Waals surface area (Å²) in [4.78, 5) is 0. The summed E-state index contributed by atoms with van der Waals surface area (Å²) in [6.07, 6.45) is 3.99. The van der Waals surface area contributed by atoms with Gasteiger partial charge in [-0.1, -0.05) is 84.9 Å². The van der Waals surface area contributed by atoms with E-state index in [9.17, 15) is 0 Å². The van der Waals surface area contributed by atoms with E-state index in [4.69, 9.17) is 0 Å². The van der Waals surface area contributed by atoms with Crippen LogP contribution in [0.4, 0.5) is 0 Å². The van der Waals surface area contributed by atoms with E-state index in [1.54, 1.807) is 0 Å². The molecule has 0 aliphatic carbocycles. The van der Waals surface area contributed by atoms with E-state index in [1.165, 1.54) is 11.1 Å². The first-order valence-electron chi connectivity index (χ1n) is 7.05. The van der Waals surface area contributed by atoms with Crippen molar-refractivity contribution in [2.75, 3.05) is 0 Å². The highest BCUT2D eigenvalue weighted by Gasteiger charge is 1.95. The lowest BCUT2D eigenvalue weighted by Gasteiger charge is -2.01. The molecule has 0 heterocycles. The lowest BCUT2D eigenvalue weighted by Crippen LogP contribution is -1.77. The quantitative estimate of drug-likeness (QED) is 0.536. The van der Waals surface area contributed by atoms with Crippen LogP contribution in [0.25, 0.3) is 23.3 Å². The lowest BCUT2D eigenvalue weighted by molar-refractivity contribution is 1.60. The van der Waals surface area contributed by atoms with Crippen LogP contribution in [0.2, 0.25) is 0 Å². The van der Waals surface area contributed by atoms with Gasteiger partial charge < -0.3 is 0 Å². The smallest absolute Gasteiger partial charge is 0.0127 e. The summed E-state index contributed by atoms with van der Waals surface area (Å²) < 4.78 is 0. The molecular weight excluding hydrogens is 252 g/mol. The molecule has 3 rings (SSSR count). The standard InChI is InChI=1S/C21H16/c1-3-8-18(9-4-1)10-7-11-19-14-16-21(17-15-19)20-12-5-2-6-13-20/h1-6,8-17H. The van der Waals surface area contributed by atoms with Gasteiger partial charge in [0.05, 0.1) is 0 Å². The van der Waals surface area contributed by atoms with Crippen molar-refractivity contribution in [1.29, 1.82) is 0 Å². The van der Waals surface area contributed by atoms with Gasteiger partial charge in [-0.05, 0) is 34.4 Å². The molecule has 100 valence electrons. The minimum Gasteiger partial charge on any atom is -0.120 e. The molecule has 0 heteroatoms. The molecule has 0 aliphatic rings. The molecule has 3 aromatic carbocycles. The van der Waals surface area contributed by atoms with E-state index in [0.717, 1.165) is 11.1 Å². The Morgan fingerprint density at radius 2 is 0.952 bits per heavy atom. The van der Waals surface area contributed by atoms with Gasteiger partial charge in [0.2, 0.25) is 0 Å². The van der Waals surface area contributed by atoms with E-state index >= 15 is 0 Å². The van der Waals surface area contributed by atoms with Crippen LogP contribution in [-0.2, 0) is 0 Å². The highest BCUT2D eigenvalue weighted by Crippen LogP contribution is 2.19. The molecule has 21 heavy (non-hydrogen) atoms. The molecule has 0 saturated heterocycles. The highest BCUT2D eigenvalue weighted by molar-refractivity contribution is 5.66. The Morgan fingerprint density at radius 1 is 0.476 bits per heavy atom. The zero-order valence-corrected chi connectivity index (χ0v) is 11.7. The Kier molecular flexibility index (Phi) is 4.12. The molecule has 0 bridgehead atoms. The minimum atomic E-state index is 1.15. The van der Waals surface area contributed by atoms with Crippen LogP contribution in [0, 0.1) is 0 Å². The third-order valence-corrected chi connectivity index (χ3v) is 3.32. The second-order valence-corrected chi connectivity index (χ2v) is 4.85. The maximum atomic E-state index is 3.23. The van der Waals surface area contributed by atoms with Gasteiger partial charge >= 0.3 is 0 Å². The summed E-state index contributed by atoms with van der Waals surface area (Å²) in [5.41, 5.74) is 8.02. The molecule has 3 aromatic rings. The van der Waals surface area contributed by atoms with E-state index in [1.807, 2.05) is 36.4 Å². The summed E-state index contributed by atoms with van der Waals surface area (Å²) in [7, 11) is 0. The first-order chi connectivity index (χ1) is 10.4. The molecule has 0 aromatic heterocycles. The molecule has 0 aliphatic heterocycles. The van der Waals surface area contributed by atoms with Crippen LogP contribution in [0.15, 0.2) is 90.7 Å². The minimum absolute atomic E-state index is 1.15. The van der Waals surface area contributed by atoms with Crippen molar-refractivity contribution in [2.24, 2.45) is 0 Å². The Morgan fingerprint density at radius 3 is 1.57 bits per heavy atom. The van der Waals surface area contributed by atoms with Crippen LogP contribution < -0.4 is 0 Å². The molecule has 0 spiro atoms.